The molecule has 1 rings (SSSR count). The van der Waals surface area contributed by atoms with Crippen LogP contribution in [0.5, 0.6) is 5.75 Å². The van der Waals surface area contributed by atoms with Crippen LogP contribution < -0.4 is 4.74 Å². The molecule has 0 aliphatic rings. The van der Waals surface area contributed by atoms with Crippen LogP contribution in [0.1, 0.15) is 18.6 Å². The molecule has 0 aromatic heterocycles. The van der Waals surface area contributed by atoms with Crippen molar-refractivity contribution in [3.05, 3.63) is 27.7 Å². The van der Waals surface area contributed by atoms with Gasteiger partial charge in [0.05, 0.1) is 23.6 Å². The van der Waals surface area contributed by atoms with Gasteiger partial charge in [-0.05, 0) is 19.1 Å². The van der Waals surface area contributed by atoms with Crippen LogP contribution in [0.4, 0.5) is 0 Å². The quantitative estimate of drug-likeness (QED) is 0.849. The molecule has 15 heavy (non-hydrogen) atoms. The Balaban J connectivity index is 3.26. The molecule has 2 unspecified atom stereocenters. The molecule has 84 valence electrons. The van der Waals surface area contributed by atoms with Crippen LogP contribution in [0, 0.1) is 0 Å². The molecule has 0 fully saturated rings. The largest absolute Gasteiger partial charge is 0.495 e. The molecule has 5 heteroatoms. The van der Waals surface area contributed by atoms with Gasteiger partial charge >= 0.3 is 0 Å². The smallest absolute Gasteiger partial charge is 0.143 e. The van der Waals surface area contributed by atoms with Gasteiger partial charge in [0, 0.05) is 10.6 Å². The number of ether oxygens (including phenoxy) is 1. The zero-order valence-corrected chi connectivity index (χ0v) is 10.6. The van der Waals surface area contributed by atoms with Gasteiger partial charge in [-0.1, -0.05) is 23.2 Å². The standard InChI is InChI=1S/C10H11Cl3O2/c1-5(11)9(14)7-3-6(12)4-8(13)10(7)15-2/h3-5,9,14H,1-2H3. The molecule has 0 spiro atoms. The summed E-state index contributed by atoms with van der Waals surface area (Å²) in [5, 5.41) is 10.2. The third-order valence-electron chi connectivity index (χ3n) is 1.99. The van der Waals surface area contributed by atoms with Crippen molar-refractivity contribution >= 4 is 34.8 Å². The molecule has 1 aromatic carbocycles. The Morgan fingerprint density at radius 2 is 1.93 bits per heavy atom. The van der Waals surface area contributed by atoms with Gasteiger partial charge < -0.3 is 9.84 Å². The van der Waals surface area contributed by atoms with E-state index in [9.17, 15) is 5.11 Å². The van der Waals surface area contributed by atoms with Crippen molar-refractivity contribution in [3.8, 4) is 5.75 Å². The van der Waals surface area contributed by atoms with Crippen LogP contribution in [-0.4, -0.2) is 17.6 Å². The predicted molar refractivity (Wildman–Crippen MR) is 63.3 cm³/mol. The predicted octanol–water partition coefficient (Wildman–Crippen LogP) is 3.66. The maximum absolute atomic E-state index is 9.83. The topological polar surface area (TPSA) is 29.5 Å². The van der Waals surface area contributed by atoms with Gasteiger partial charge in [0.15, 0.2) is 0 Å². The Morgan fingerprint density at radius 3 is 2.40 bits per heavy atom. The lowest BCUT2D eigenvalue weighted by Crippen LogP contribution is -2.10. The summed E-state index contributed by atoms with van der Waals surface area (Å²) < 4.78 is 5.09. The summed E-state index contributed by atoms with van der Waals surface area (Å²) >= 11 is 17.6. The van der Waals surface area contributed by atoms with Crippen LogP contribution in [-0.2, 0) is 0 Å². The van der Waals surface area contributed by atoms with E-state index in [4.69, 9.17) is 39.5 Å². The fourth-order valence-corrected chi connectivity index (χ4v) is 1.98. The van der Waals surface area contributed by atoms with Crippen molar-refractivity contribution in [2.75, 3.05) is 7.11 Å². The van der Waals surface area contributed by atoms with Crippen LogP contribution in [0.3, 0.4) is 0 Å². The van der Waals surface area contributed by atoms with Crippen LogP contribution in [0.15, 0.2) is 12.1 Å². The number of methoxy groups -OCH3 is 1. The van der Waals surface area contributed by atoms with E-state index in [0.29, 0.717) is 21.4 Å². The highest BCUT2D eigenvalue weighted by molar-refractivity contribution is 6.35. The summed E-state index contributed by atoms with van der Waals surface area (Å²) in [5.41, 5.74) is 0.498. The van der Waals surface area contributed by atoms with Gasteiger partial charge in [0.25, 0.3) is 0 Å². The molecule has 1 aromatic rings. The van der Waals surface area contributed by atoms with E-state index in [1.165, 1.54) is 7.11 Å². The Labute approximate surface area is 104 Å². The molecular weight excluding hydrogens is 258 g/mol. The number of hydrogen-bond donors (Lipinski definition) is 1. The summed E-state index contributed by atoms with van der Waals surface area (Å²) in [6, 6.07) is 3.15. The Kier molecular flexibility index (Phi) is 4.53. The van der Waals surface area contributed by atoms with Gasteiger partial charge in [-0.3, -0.25) is 0 Å². The first-order valence-electron chi connectivity index (χ1n) is 4.32. The molecule has 1 N–H and O–H groups in total. The number of rotatable bonds is 3. The maximum Gasteiger partial charge on any atom is 0.143 e. The lowest BCUT2D eigenvalue weighted by molar-refractivity contribution is 0.173. The fraction of sp³-hybridized carbons (Fsp3) is 0.400. The molecule has 0 saturated carbocycles. The highest BCUT2D eigenvalue weighted by Gasteiger charge is 2.20. The molecular formula is C10H11Cl3O2. The number of aliphatic hydroxyl groups is 1. The minimum absolute atomic E-state index is 0.358. The normalized spacial score (nSPS) is 14.8. The van der Waals surface area contributed by atoms with Crippen molar-refractivity contribution in [3.63, 3.8) is 0 Å². The molecule has 0 aliphatic heterocycles. The van der Waals surface area contributed by atoms with E-state index >= 15 is 0 Å². The van der Waals surface area contributed by atoms with Gasteiger partial charge in [0.2, 0.25) is 0 Å². The molecule has 0 aliphatic carbocycles. The van der Waals surface area contributed by atoms with Gasteiger partial charge in [-0.15, -0.1) is 11.6 Å². The molecule has 0 heterocycles. The third kappa shape index (κ3) is 2.91. The monoisotopic (exact) mass is 268 g/mol. The summed E-state index contributed by atoms with van der Waals surface area (Å²) in [4.78, 5) is 0. The van der Waals surface area contributed by atoms with E-state index < -0.39 is 11.5 Å². The molecule has 2 atom stereocenters. The summed E-state index contributed by atoms with van der Waals surface area (Å²) in [6.45, 7) is 1.68. The van der Waals surface area contributed by atoms with Crippen molar-refractivity contribution in [1.29, 1.82) is 0 Å². The number of alkyl halides is 1. The van der Waals surface area contributed by atoms with Crippen LogP contribution in [0.25, 0.3) is 0 Å². The minimum atomic E-state index is -0.863. The molecule has 0 bridgehead atoms. The van der Waals surface area contributed by atoms with E-state index in [1.807, 2.05) is 0 Å². The maximum atomic E-state index is 9.83. The first kappa shape index (κ1) is 12.9. The Morgan fingerprint density at radius 1 is 1.33 bits per heavy atom. The van der Waals surface area contributed by atoms with Gasteiger partial charge in [-0.25, -0.2) is 0 Å². The SMILES string of the molecule is COc1c(Cl)cc(Cl)cc1C(O)C(C)Cl. The van der Waals surface area contributed by atoms with Crippen molar-refractivity contribution in [1.82, 2.24) is 0 Å². The van der Waals surface area contributed by atoms with Crippen molar-refractivity contribution < 1.29 is 9.84 Å². The molecule has 0 saturated heterocycles. The van der Waals surface area contributed by atoms with Gasteiger partial charge in [0.1, 0.15) is 5.75 Å². The molecule has 0 radical (unpaired) electrons. The first-order valence-corrected chi connectivity index (χ1v) is 5.51. The summed E-state index contributed by atoms with van der Waals surface area (Å²) in [5.74, 6) is 0.404. The zero-order chi connectivity index (χ0) is 11.6. The van der Waals surface area contributed by atoms with E-state index in [0.717, 1.165) is 0 Å². The van der Waals surface area contributed by atoms with E-state index in [-0.39, 0.29) is 0 Å². The molecule has 0 amide bonds. The van der Waals surface area contributed by atoms with Crippen LogP contribution in [0.2, 0.25) is 10.0 Å². The molecule has 2 nitrogen and oxygen atoms in total. The second-order valence-corrected chi connectivity index (χ2v) is 4.66. The summed E-state index contributed by atoms with van der Waals surface area (Å²) in [7, 11) is 1.48. The highest BCUT2D eigenvalue weighted by atomic mass is 35.5. The van der Waals surface area contributed by atoms with Crippen LogP contribution >= 0.6 is 34.8 Å². The average molecular weight is 270 g/mol. The minimum Gasteiger partial charge on any atom is -0.495 e. The Bertz CT molecular complexity index is 353. The zero-order valence-electron chi connectivity index (χ0n) is 8.30. The first-order chi connectivity index (χ1) is 6.97. The average Bonchev–Trinajstić information content (AvgIpc) is 2.15. The van der Waals surface area contributed by atoms with Crippen molar-refractivity contribution in [2.24, 2.45) is 0 Å². The lowest BCUT2D eigenvalue weighted by Gasteiger charge is -2.17. The lowest BCUT2D eigenvalue weighted by atomic mass is 10.1. The third-order valence-corrected chi connectivity index (χ3v) is 2.73. The number of benzene rings is 1. The van der Waals surface area contributed by atoms with E-state index in [2.05, 4.69) is 0 Å². The second-order valence-electron chi connectivity index (χ2n) is 3.13. The number of hydrogen-bond acceptors (Lipinski definition) is 2. The number of aliphatic hydroxyl groups excluding tert-OH is 1. The summed E-state index contributed by atoms with van der Waals surface area (Å²) in [6.07, 6.45) is -0.863. The van der Waals surface area contributed by atoms with Gasteiger partial charge in [-0.2, -0.15) is 0 Å². The highest BCUT2D eigenvalue weighted by Crippen LogP contribution is 2.37. The van der Waals surface area contributed by atoms with E-state index in [1.54, 1.807) is 19.1 Å². The fourth-order valence-electron chi connectivity index (χ4n) is 1.26. The Hall–Kier alpha value is -0.150. The van der Waals surface area contributed by atoms with Crippen molar-refractivity contribution in [2.45, 2.75) is 18.4 Å². The number of halogens is 3. The second kappa shape index (κ2) is 5.26.